The van der Waals surface area contributed by atoms with Gasteiger partial charge in [-0.1, -0.05) is 63.4 Å². The lowest BCUT2D eigenvalue weighted by atomic mass is 9.88. The zero-order valence-electron chi connectivity index (χ0n) is 11.8. The van der Waals surface area contributed by atoms with Gasteiger partial charge in [-0.05, 0) is 36.2 Å². The molecule has 0 aliphatic heterocycles. The first-order valence-electron chi connectivity index (χ1n) is 7.58. The van der Waals surface area contributed by atoms with Crippen molar-refractivity contribution in [2.75, 3.05) is 0 Å². The van der Waals surface area contributed by atoms with E-state index in [1.165, 1.54) is 37.7 Å². The van der Waals surface area contributed by atoms with Crippen LogP contribution in [0.1, 0.15) is 57.4 Å². The van der Waals surface area contributed by atoms with Crippen LogP contribution in [0.3, 0.4) is 0 Å². The molecular weight excluding hydrogens is 218 g/mol. The van der Waals surface area contributed by atoms with Crippen LogP contribution < -0.4 is 5.73 Å². The van der Waals surface area contributed by atoms with Crippen LogP contribution in [0.4, 0.5) is 0 Å². The smallest absolute Gasteiger partial charge is 0.0102 e. The van der Waals surface area contributed by atoms with Gasteiger partial charge in [0.05, 0.1) is 0 Å². The van der Waals surface area contributed by atoms with Crippen molar-refractivity contribution in [2.45, 2.75) is 57.9 Å². The van der Waals surface area contributed by atoms with Gasteiger partial charge in [0.25, 0.3) is 0 Å². The predicted octanol–water partition coefficient (Wildman–Crippen LogP) is 4.33. The molecule has 0 heterocycles. The molecule has 4 unspecified atom stereocenters. The van der Waals surface area contributed by atoms with Gasteiger partial charge in [-0.3, -0.25) is 0 Å². The molecule has 1 nitrogen and oxygen atoms in total. The van der Waals surface area contributed by atoms with Crippen LogP contribution in [0.15, 0.2) is 30.3 Å². The second kappa shape index (κ2) is 6.38. The number of hydrogen-bond acceptors (Lipinski definition) is 1. The van der Waals surface area contributed by atoms with E-state index >= 15 is 0 Å². The van der Waals surface area contributed by atoms with Crippen LogP contribution in [0.5, 0.6) is 0 Å². The molecule has 1 fully saturated rings. The normalized spacial score (nSPS) is 25.7. The lowest BCUT2D eigenvalue weighted by molar-refractivity contribution is 0.340. The Morgan fingerprint density at radius 2 is 1.94 bits per heavy atom. The third-order valence-electron chi connectivity index (χ3n) is 4.56. The molecule has 0 spiro atoms. The highest BCUT2D eigenvalue weighted by molar-refractivity contribution is 5.26. The van der Waals surface area contributed by atoms with Crippen LogP contribution in [0.2, 0.25) is 0 Å². The fraction of sp³-hybridized carbons (Fsp3) is 0.647. The Bertz CT molecular complexity index is 346. The van der Waals surface area contributed by atoms with E-state index in [4.69, 9.17) is 5.73 Å². The minimum atomic E-state index is 0.409. The molecule has 0 aromatic heterocycles. The van der Waals surface area contributed by atoms with E-state index in [2.05, 4.69) is 44.2 Å². The van der Waals surface area contributed by atoms with E-state index in [0.717, 1.165) is 17.8 Å². The van der Waals surface area contributed by atoms with Crippen LogP contribution in [-0.2, 0) is 0 Å². The van der Waals surface area contributed by atoms with Gasteiger partial charge in [0.2, 0.25) is 0 Å². The molecule has 18 heavy (non-hydrogen) atoms. The summed E-state index contributed by atoms with van der Waals surface area (Å²) in [5.41, 5.74) is 7.99. The summed E-state index contributed by atoms with van der Waals surface area (Å²) in [6, 6.07) is 11.3. The fourth-order valence-electron chi connectivity index (χ4n) is 3.21. The minimum Gasteiger partial charge on any atom is -0.327 e. The standard InChI is InChI=1S/C17H27N/c1-3-5-9-13(4-2)17(18)16-12-15(16)14-10-7-6-8-11-14/h6-8,10-11,13,15-17H,3-5,9,12,18H2,1-2H3. The minimum absolute atomic E-state index is 0.409. The highest BCUT2D eigenvalue weighted by atomic mass is 14.7. The number of rotatable bonds is 7. The Hall–Kier alpha value is -0.820. The molecule has 1 aliphatic rings. The van der Waals surface area contributed by atoms with E-state index in [1.807, 2.05) is 0 Å². The Balaban J connectivity index is 1.89. The molecule has 1 saturated carbocycles. The molecule has 1 aliphatic carbocycles. The summed E-state index contributed by atoms with van der Waals surface area (Å²) in [5.74, 6) is 2.19. The summed E-state index contributed by atoms with van der Waals surface area (Å²) in [5, 5.41) is 0. The van der Waals surface area contributed by atoms with Gasteiger partial charge in [0.1, 0.15) is 0 Å². The Kier molecular flexibility index (Phi) is 4.82. The van der Waals surface area contributed by atoms with Gasteiger partial charge in [-0.25, -0.2) is 0 Å². The van der Waals surface area contributed by atoms with Gasteiger partial charge in [0, 0.05) is 6.04 Å². The molecule has 2 N–H and O–H groups in total. The maximum atomic E-state index is 6.50. The second-order valence-electron chi connectivity index (χ2n) is 5.80. The summed E-state index contributed by atoms with van der Waals surface area (Å²) in [6.45, 7) is 4.56. The molecule has 0 saturated heterocycles. The largest absolute Gasteiger partial charge is 0.327 e. The van der Waals surface area contributed by atoms with Crippen molar-refractivity contribution in [2.24, 2.45) is 17.6 Å². The van der Waals surface area contributed by atoms with E-state index in [-0.39, 0.29) is 0 Å². The van der Waals surface area contributed by atoms with E-state index < -0.39 is 0 Å². The number of benzene rings is 1. The molecule has 0 radical (unpaired) electrons. The van der Waals surface area contributed by atoms with E-state index in [9.17, 15) is 0 Å². The van der Waals surface area contributed by atoms with Crippen molar-refractivity contribution in [3.05, 3.63) is 35.9 Å². The molecular formula is C17H27N. The second-order valence-corrected chi connectivity index (χ2v) is 5.80. The first kappa shape index (κ1) is 13.6. The van der Waals surface area contributed by atoms with E-state index in [1.54, 1.807) is 0 Å². The van der Waals surface area contributed by atoms with Crippen molar-refractivity contribution in [3.63, 3.8) is 0 Å². The molecule has 1 aromatic carbocycles. The maximum absolute atomic E-state index is 6.50. The zero-order valence-corrected chi connectivity index (χ0v) is 11.8. The first-order valence-corrected chi connectivity index (χ1v) is 7.58. The van der Waals surface area contributed by atoms with Gasteiger partial charge >= 0.3 is 0 Å². The SMILES string of the molecule is CCCCC(CC)C(N)C1CC1c1ccccc1. The van der Waals surface area contributed by atoms with Crippen molar-refractivity contribution in [1.82, 2.24) is 0 Å². The Labute approximate surface area is 112 Å². The summed E-state index contributed by atoms with van der Waals surface area (Å²) >= 11 is 0. The lowest BCUT2D eigenvalue weighted by Gasteiger charge is -2.23. The first-order chi connectivity index (χ1) is 8.77. The predicted molar refractivity (Wildman–Crippen MR) is 78.6 cm³/mol. The highest BCUT2D eigenvalue weighted by Crippen LogP contribution is 2.50. The van der Waals surface area contributed by atoms with Gasteiger partial charge in [-0.2, -0.15) is 0 Å². The van der Waals surface area contributed by atoms with Crippen LogP contribution >= 0.6 is 0 Å². The number of nitrogens with two attached hydrogens (primary N) is 1. The van der Waals surface area contributed by atoms with E-state index in [0.29, 0.717) is 6.04 Å². The molecule has 2 rings (SSSR count). The van der Waals surface area contributed by atoms with Crippen molar-refractivity contribution in [1.29, 1.82) is 0 Å². The summed E-state index contributed by atoms with van der Waals surface area (Å²) in [4.78, 5) is 0. The quantitative estimate of drug-likeness (QED) is 0.760. The monoisotopic (exact) mass is 245 g/mol. The van der Waals surface area contributed by atoms with Gasteiger partial charge in [-0.15, -0.1) is 0 Å². The molecule has 0 bridgehead atoms. The average molecular weight is 245 g/mol. The van der Waals surface area contributed by atoms with Crippen LogP contribution in [0, 0.1) is 11.8 Å². The summed E-state index contributed by atoms with van der Waals surface area (Å²) < 4.78 is 0. The average Bonchev–Trinajstić information content (AvgIpc) is 3.20. The third-order valence-corrected chi connectivity index (χ3v) is 4.56. The van der Waals surface area contributed by atoms with Crippen molar-refractivity contribution < 1.29 is 0 Å². The number of unbranched alkanes of at least 4 members (excludes halogenated alkanes) is 1. The zero-order chi connectivity index (χ0) is 13.0. The van der Waals surface area contributed by atoms with Gasteiger partial charge < -0.3 is 5.73 Å². The van der Waals surface area contributed by atoms with Crippen molar-refractivity contribution in [3.8, 4) is 0 Å². The lowest BCUT2D eigenvalue weighted by Crippen LogP contribution is -2.32. The Morgan fingerprint density at radius 1 is 1.22 bits per heavy atom. The van der Waals surface area contributed by atoms with Crippen LogP contribution in [0.25, 0.3) is 0 Å². The molecule has 1 heteroatoms. The maximum Gasteiger partial charge on any atom is 0.0102 e. The molecule has 4 atom stereocenters. The van der Waals surface area contributed by atoms with Gasteiger partial charge in [0.15, 0.2) is 0 Å². The summed E-state index contributed by atoms with van der Waals surface area (Å²) in [7, 11) is 0. The Morgan fingerprint density at radius 3 is 2.56 bits per heavy atom. The topological polar surface area (TPSA) is 26.0 Å². The van der Waals surface area contributed by atoms with Crippen LogP contribution in [-0.4, -0.2) is 6.04 Å². The number of hydrogen-bond donors (Lipinski definition) is 1. The molecule has 100 valence electrons. The molecule has 1 aromatic rings. The summed E-state index contributed by atoms with van der Waals surface area (Å²) in [6.07, 6.45) is 6.46. The highest BCUT2D eigenvalue weighted by Gasteiger charge is 2.44. The third kappa shape index (κ3) is 3.14. The van der Waals surface area contributed by atoms with Crippen molar-refractivity contribution >= 4 is 0 Å². The molecule has 0 amide bonds. The fourth-order valence-corrected chi connectivity index (χ4v) is 3.21.